The Hall–Kier alpha value is -0.940. The molecular formula is C15H15BrClFN2. The predicted octanol–water partition coefficient (Wildman–Crippen LogP) is 4.30. The normalized spacial score (nSPS) is 12.4. The van der Waals surface area contributed by atoms with Gasteiger partial charge in [-0.05, 0) is 54.3 Å². The highest BCUT2D eigenvalue weighted by atomic mass is 79.9. The molecule has 0 radical (unpaired) electrons. The van der Waals surface area contributed by atoms with E-state index in [4.69, 9.17) is 17.4 Å². The topological polar surface area (TPSA) is 38.0 Å². The molecule has 5 heteroatoms. The van der Waals surface area contributed by atoms with Crippen LogP contribution in [-0.2, 0) is 6.42 Å². The maximum atomic E-state index is 13.2. The molecule has 2 rings (SSSR count). The highest BCUT2D eigenvalue weighted by Crippen LogP contribution is 2.25. The molecule has 1 atom stereocenters. The van der Waals surface area contributed by atoms with Gasteiger partial charge in [-0.15, -0.1) is 0 Å². The van der Waals surface area contributed by atoms with Gasteiger partial charge in [0.2, 0.25) is 0 Å². The fourth-order valence-electron chi connectivity index (χ4n) is 2.19. The highest BCUT2D eigenvalue weighted by Gasteiger charge is 2.14. The van der Waals surface area contributed by atoms with Crippen LogP contribution in [0.5, 0.6) is 0 Å². The minimum Gasteiger partial charge on any atom is -0.271 e. The Morgan fingerprint density at radius 3 is 2.65 bits per heavy atom. The number of nitrogens with one attached hydrogen (secondary N) is 1. The molecule has 0 spiro atoms. The van der Waals surface area contributed by atoms with Crippen LogP contribution in [0, 0.1) is 12.7 Å². The molecule has 2 aromatic rings. The predicted molar refractivity (Wildman–Crippen MR) is 84.1 cm³/mol. The van der Waals surface area contributed by atoms with Crippen LogP contribution < -0.4 is 11.3 Å². The van der Waals surface area contributed by atoms with Crippen molar-refractivity contribution in [1.29, 1.82) is 0 Å². The Balaban J connectivity index is 2.26. The molecule has 1 unspecified atom stereocenters. The van der Waals surface area contributed by atoms with Crippen molar-refractivity contribution in [3.8, 4) is 0 Å². The summed E-state index contributed by atoms with van der Waals surface area (Å²) in [5, 5.41) is 0.130. The standard InChI is InChI=1S/C15H15BrClFN2/c1-9-6-11(16)3-4-12(9)15(20-19)8-10-2-5-14(18)13(17)7-10/h2-7,15,20H,8,19H2,1H3. The van der Waals surface area contributed by atoms with Crippen molar-refractivity contribution in [2.45, 2.75) is 19.4 Å². The van der Waals surface area contributed by atoms with E-state index in [-0.39, 0.29) is 11.1 Å². The van der Waals surface area contributed by atoms with Gasteiger partial charge >= 0.3 is 0 Å². The second-order valence-electron chi connectivity index (χ2n) is 4.67. The fraction of sp³-hybridized carbons (Fsp3) is 0.200. The van der Waals surface area contributed by atoms with Crippen molar-refractivity contribution in [2.75, 3.05) is 0 Å². The third-order valence-corrected chi connectivity index (χ3v) is 4.02. The first-order chi connectivity index (χ1) is 9.51. The lowest BCUT2D eigenvalue weighted by Crippen LogP contribution is -2.30. The lowest BCUT2D eigenvalue weighted by Gasteiger charge is -2.19. The van der Waals surface area contributed by atoms with Crippen molar-refractivity contribution in [3.63, 3.8) is 0 Å². The molecule has 20 heavy (non-hydrogen) atoms. The molecule has 0 fully saturated rings. The van der Waals surface area contributed by atoms with E-state index in [0.717, 1.165) is 21.2 Å². The van der Waals surface area contributed by atoms with Crippen LogP contribution in [0.15, 0.2) is 40.9 Å². The molecule has 0 amide bonds. The Morgan fingerprint density at radius 2 is 2.05 bits per heavy atom. The molecule has 2 aromatic carbocycles. The summed E-state index contributed by atoms with van der Waals surface area (Å²) < 4.78 is 14.2. The average Bonchev–Trinajstić information content (AvgIpc) is 2.41. The van der Waals surface area contributed by atoms with Crippen molar-refractivity contribution in [1.82, 2.24) is 5.43 Å². The zero-order chi connectivity index (χ0) is 14.7. The Morgan fingerprint density at radius 1 is 1.30 bits per heavy atom. The molecule has 0 heterocycles. The van der Waals surface area contributed by atoms with Crippen LogP contribution in [-0.4, -0.2) is 0 Å². The monoisotopic (exact) mass is 356 g/mol. The number of hydrogen-bond acceptors (Lipinski definition) is 2. The lowest BCUT2D eigenvalue weighted by molar-refractivity contribution is 0.548. The Kier molecular flexibility index (Phi) is 5.16. The largest absolute Gasteiger partial charge is 0.271 e. The van der Waals surface area contributed by atoms with Gasteiger partial charge in [0.05, 0.1) is 11.1 Å². The quantitative estimate of drug-likeness (QED) is 0.632. The minimum atomic E-state index is -0.410. The molecule has 2 nitrogen and oxygen atoms in total. The van der Waals surface area contributed by atoms with Gasteiger partial charge in [0.15, 0.2) is 0 Å². The van der Waals surface area contributed by atoms with E-state index in [9.17, 15) is 4.39 Å². The number of hydrogen-bond donors (Lipinski definition) is 2. The maximum absolute atomic E-state index is 13.2. The third kappa shape index (κ3) is 3.58. The molecule has 3 N–H and O–H groups in total. The molecule has 0 aliphatic carbocycles. The minimum absolute atomic E-state index is 0.0513. The SMILES string of the molecule is Cc1cc(Br)ccc1C(Cc1ccc(F)c(Cl)c1)NN. The fourth-order valence-corrected chi connectivity index (χ4v) is 2.87. The molecule has 0 saturated heterocycles. The van der Waals surface area contributed by atoms with Gasteiger partial charge in [-0.1, -0.05) is 39.7 Å². The zero-order valence-electron chi connectivity index (χ0n) is 11.0. The van der Waals surface area contributed by atoms with Crippen molar-refractivity contribution < 1.29 is 4.39 Å². The van der Waals surface area contributed by atoms with Crippen LogP contribution in [0.1, 0.15) is 22.7 Å². The summed E-state index contributed by atoms with van der Waals surface area (Å²) in [5.41, 5.74) is 5.98. The van der Waals surface area contributed by atoms with Crippen LogP contribution >= 0.6 is 27.5 Å². The first kappa shape index (κ1) is 15.4. The molecule has 0 aliphatic rings. The summed E-state index contributed by atoms with van der Waals surface area (Å²) in [6, 6.07) is 10.7. The van der Waals surface area contributed by atoms with E-state index in [2.05, 4.69) is 21.4 Å². The van der Waals surface area contributed by atoms with Crippen LogP contribution in [0.3, 0.4) is 0 Å². The van der Waals surface area contributed by atoms with Gasteiger partial charge in [0, 0.05) is 4.47 Å². The first-order valence-electron chi connectivity index (χ1n) is 6.17. The number of halogens is 3. The highest BCUT2D eigenvalue weighted by molar-refractivity contribution is 9.10. The summed E-state index contributed by atoms with van der Waals surface area (Å²) in [6.07, 6.45) is 0.638. The summed E-state index contributed by atoms with van der Waals surface area (Å²) in [7, 11) is 0. The molecular weight excluding hydrogens is 343 g/mol. The van der Waals surface area contributed by atoms with Gasteiger partial charge in [0.25, 0.3) is 0 Å². The van der Waals surface area contributed by atoms with E-state index < -0.39 is 5.82 Å². The van der Waals surface area contributed by atoms with E-state index in [0.29, 0.717) is 6.42 Å². The second-order valence-corrected chi connectivity index (χ2v) is 6.00. The molecule has 0 aromatic heterocycles. The Bertz CT molecular complexity index is 619. The average molecular weight is 358 g/mol. The lowest BCUT2D eigenvalue weighted by atomic mass is 9.96. The van der Waals surface area contributed by atoms with Crippen molar-refractivity contribution >= 4 is 27.5 Å². The first-order valence-corrected chi connectivity index (χ1v) is 7.34. The number of hydrazine groups is 1. The second kappa shape index (κ2) is 6.68. The van der Waals surface area contributed by atoms with Gasteiger partial charge in [-0.2, -0.15) is 0 Å². The van der Waals surface area contributed by atoms with Gasteiger partial charge in [-0.25, -0.2) is 4.39 Å². The smallest absolute Gasteiger partial charge is 0.141 e. The summed E-state index contributed by atoms with van der Waals surface area (Å²) >= 11 is 9.25. The summed E-state index contributed by atoms with van der Waals surface area (Å²) in [4.78, 5) is 0. The van der Waals surface area contributed by atoms with Gasteiger partial charge in [-0.3, -0.25) is 11.3 Å². The summed E-state index contributed by atoms with van der Waals surface area (Å²) in [6.45, 7) is 2.03. The molecule has 0 saturated carbocycles. The Labute approximate surface area is 131 Å². The summed E-state index contributed by atoms with van der Waals surface area (Å²) in [5.74, 6) is 5.25. The van der Waals surface area contributed by atoms with Crippen LogP contribution in [0.2, 0.25) is 5.02 Å². The van der Waals surface area contributed by atoms with E-state index >= 15 is 0 Å². The van der Waals surface area contributed by atoms with E-state index in [1.54, 1.807) is 12.1 Å². The number of rotatable bonds is 4. The van der Waals surface area contributed by atoms with Crippen molar-refractivity contribution in [3.05, 3.63) is 68.4 Å². The van der Waals surface area contributed by atoms with Gasteiger partial charge in [0.1, 0.15) is 5.82 Å². The van der Waals surface area contributed by atoms with E-state index in [1.165, 1.54) is 6.07 Å². The zero-order valence-corrected chi connectivity index (χ0v) is 13.3. The van der Waals surface area contributed by atoms with E-state index in [1.807, 2.05) is 25.1 Å². The van der Waals surface area contributed by atoms with Crippen molar-refractivity contribution in [2.24, 2.45) is 5.84 Å². The van der Waals surface area contributed by atoms with Gasteiger partial charge < -0.3 is 0 Å². The molecule has 0 aliphatic heterocycles. The number of nitrogens with two attached hydrogens (primary N) is 1. The molecule has 0 bridgehead atoms. The van der Waals surface area contributed by atoms with Crippen LogP contribution in [0.4, 0.5) is 4.39 Å². The maximum Gasteiger partial charge on any atom is 0.141 e. The number of benzene rings is 2. The molecule has 106 valence electrons. The third-order valence-electron chi connectivity index (χ3n) is 3.23. The van der Waals surface area contributed by atoms with Crippen LogP contribution in [0.25, 0.3) is 0 Å². The number of aryl methyl sites for hydroxylation is 1.